The molecule has 0 fully saturated rings. The third-order valence-electron chi connectivity index (χ3n) is 0.223. The molecular weight excluding hydrogens is 196 g/mol. The van der Waals surface area contributed by atoms with Crippen molar-refractivity contribution >= 4 is 16.8 Å². The second-order valence-corrected chi connectivity index (χ2v) is 1.11. The van der Waals surface area contributed by atoms with Crippen LogP contribution in [-0.4, -0.2) is 11.4 Å². The van der Waals surface area contributed by atoms with Gasteiger partial charge in [0.25, 0.3) is 0 Å². The topological polar surface area (TPSA) is 17.1 Å². The number of hydrogen-bond donors (Lipinski definition) is 0. The maximum atomic E-state index is 10.7. The Morgan fingerprint density at radius 2 is 1.50 bits per heavy atom. The molecule has 1 nitrogen and oxygen atoms in total. The first-order valence-corrected chi connectivity index (χ1v) is 1.59. The van der Waals surface area contributed by atoms with Gasteiger partial charge in [-0.3, -0.25) is 4.79 Å². The van der Waals surface area contributed by atoms with Crippen LogP contribution in [0.25, 0.3) is 0 Å². The van der Waals surface area contributed by atoms with Gasteiger partial charge in [-0.25, -0.2) is 0 Å². The van der Waals surface area contributed by atoms with Crippen LogP contribution in [0.1, 0.15) is 0 Å². The molecule has 8 heavy (non-hydrogen) atoms. The summed E-state index contributed by atoms with van der Waals surface area (Å²) in [6.07, 6.45) is -4.87. The molecule has 0 aliphatic rings. The molecule has 0 rings (SSSR count). The van der Waals surface area contributed by atoms with E-state index in [0.717, 1.165) is 0 Å². The third-order valence-corrected chi connectivity index (χ3v) is 0.437. The molecule has 0 heterocycles. The molecular formula is C2ClCuF3O. The molecule has 0 saturated heterocycles. The normalized spacial score (nSPS) is 10.0. The van der Waals surface area contributed by atoms with Gasteiger partial charge in [-0.05, 0) is 11.6 Å². The van der Waals surface area contributed by atoms with E-state index in [0.29, 0.717) is 0 Å². The van der Waals surface area contributed by atoms with Crippen molar-refractivity contribution in [3.63, 3.8) is 0 Å². The Balaban J connectivity index is 0. The Morgan fingerprint density at radius 1 is 1.38 bits per heavy atom. The van der Waals surface area contributed by atoms with E-state index in [-0.39, 0.29) is 17.1 Å². The fourth-order valence-corrected chi connectivity index (χ4v) is 0. The number of hydrogen-bond acceptors (Lipinski definition) is 1. The minimum atomic E-state index is -4.87. The van der Waals surface area contributed by atoms with Crippen molar-refractivity contribution in [3.8, 4) is 0 Å². The van der Waals surface area contributed by atoms with E-state index in [1.54, 1.807) is 0 Å². The van der Waals surface area contributed by atoms with E-state index >= 15 is 0 Å². The summed E-state index contributed by atoms with van der Waals surface area (Å²) in [5, 5.41) is -2.28. The number of rotatable bonds is 0. The first-order chi connectivity index (χ1) is 2.94. The van der Waals surface area contributed by atoms with Crippen LogP contribution in [0.3, 0.4) is 0 Å². The van der Waals surface area contributed by atoms with Gasteiger partial charge in [0, 0.05) is 17.1 Å². The van der Waals surface area contributed by atoms with Crippen LogP contribution in [0.5, 0.6) is 0 Å². The van der Waals surface area contributed by atoms with Crippen molar-refractivity contribution in [2.45, 2.75) is 6.18 Å². The van der Waals surface area contributed by atoms with Crippen LogP contribution in [0, 0.1) is 0 Å². The second kappa shape index (κ2) is 3.33. The summed E-state index contributed by atoms with van der Waals surface area (Å²) in [7, 11) is 0. The predicted molar refractivity (Wildman–Crippen MR) is 16.9 cm³/mol. The number of halogens is 4. The van der Waals surface area contributed by atoms with E-state index in [2.05, 4.69) is 11.6 Å². The number of alkyl halides is 3. The standard InChI is InChI=1S/C2ClF3O.Cu/c3-1(7)2(4,5)6;. The van der Waals surface area contributed by atoms with Crippen LogP contribution >= 0.6 is 11.6 Å². The minimum Gasteiger partial charge on any atom is -0.271 e. The Morgan fingerprint density at radius 3 is 1.50 bits per heavy atom. The summed E-state index contributed by atoms with van der Waals surface area (Å²) in [6.45, 7) is 0. The van der Waals surface area contributed by atoms with Crippen LogP contribution < -0.4 is 0 Å². The maximum absolute atomic E-state index is 10.7. The first-order valence-electron chi connectivity index (χ1n) is 1.21. The zero-order valence-electron chi connectivity index (χ0n) is 3.22. The summed E-state index contributed by atoms with van der Waals surface area (Å²) in [5.41, 5.74) is 0. The van der Waals surface area contributed by atoms with E-state index < -0.39 is 11.4 Å². The van der Waals surface area contributed by atoms with Gasteiger partial charge < -0.3 is 0 Å². The smallest absolute Gasteiger partial charge is 0.271 e. The fraction of sp³-hybridized carbons (Fsp3) is 0.500. The van der Waals surface area contributed by atoms with Crippen molar-refractivity contribution in [3.05, 3.63) is 0 Å². The van der Waals surface area contributed by atoms with Crippen molar-refractivity contribution in [1.82, 2.24) is 0 Å². The molecule has 0 atom stereocenters. The van der Waals surface area contributed by atoms with E-state index in [1.165, 1.54) is 0 Å². The monoisotopic (exact) mass is 195 g/mol. The molecule has 0 aromatic heterocycles. The Labute approximate surface area is 58.7 Å². The molecule has 0 spiro atoms. The van der Waals surface area contributed by atoms with E-state index in [4.69, 9.17) is 4.79 Å². The van der Waals surface area contributed by atoms with E-state index in [9.17, 15) is 13.2 Å². The summed E-state index contributed by atoms with van der Waals surface area (Å²) < 4.78 is 32.1. The second-order valence-electron chi connectivity index (χ2n) is 0.771. The molecule has 0 aliphatic heterocycles. The number of carbonyl (C=O) groups is 1. The summed E-state index contributed by atoms with van der Waals surface area (Å²) in [4.78, 5) is 9.11. The molecule has 0 amide bonds. The van der Waals surface area contributed by atoms with Gasteiger partial charge in [0.05, 0.1) is 0 Å². The largest absolute Gasteiger partial charge is 0.466 e. The van der Waals surface area contributed by atoms with Crippen LogP contribution in [0.15, 0.2) is 0 Å². The van der Waals surface area contributed by atoms with Crippen molar-refractivity contribution in [1.29, 1.82) is 0 Å². The summed E-state index contributed by atoms with van der Waals surface area (Å²) in [5.74, 6) is 0. The Bertz CT molecular complexity index is 89.8. The summed E-state index contributed by atoms with van der Waals surface area (Å²) >= 11 is 3.99. The molecule has 1 radical (unpaired) electrons. The molecule has 0 aromatic carbocycles. The predicted octanol–water partition coefficient (Wildman–Crippen LogP) is 1.31. The number of carbonyl (C=O) groups excluding carboxylic acids is 1. The van der Waals surface area contributed by atoms with Crippen molar-refractivity contribution in [2.75, 3.05) is 0 Å². The molecule has 53 valence electrons. The molecule has 0 saturated carbocycles. The van der Waals surface area contributed by atoms with E-state index in [1.807, 2.05) is 0 Å². The van der Waals surface area contributed by atoms with Crippen LogP contribution in [-0.2, 0) is 21.9 Å². The molecule has 0 unspecified atom stereocenters. The minimum absolute atomic E-state index is 0. The average molecular weight is 196 g/mol. The van der Waals surface area contributed by atoms with Gasteiger partial charge in [0.15, 0.2) is 0 Å². The molecule has 0 bridgehead atoms. The van der Waals surface area contributed by atoms with Crippen LogP contribution in [0.2, 0.25) is 0 Å². The summed E-state index contributed by atoms with van der Waals surface area (Å²) in [6, 6.07) is 0. The quantitative estimate of drug-likeness (QED) is 0.421. The average Bonchev–Trinajstić information content (AvgIpc) is 1.31. The van der Waals surface area contributed by atoms with Crippen molar-refractivity contribution < 1.29 is 35.0 Å². The van der Waals surface area contributed by atoms with Crippen LogP contribution in [0.4, 0.5) is 13.2 Å². The van der Waals surface area contributed by atoms with Gasteiger partial charge in [-0.1, -0.05) is 0 Å². The first kappa shape index (κ1) is 11.1. The van der Waals surface area contributed by atoms with Gasteiger partial charge in [-0.15, -0.1) is 0 Å². The zero-order chi connectivity index (χ0) is 6.08. The Hall–Kier alpha value is 0.269. The third kappa shape index (κ3) is 4.43. The maximum Gasteiger partial charge on any atom is 0.466 e. The van der Waals surface area contributed by atoms with Crippen molar-refractivity contribution in [2.24, 2.45) is 0 Å². The molecule has 0 aromatic rings. The molecule has 0 N–H and O–H groups in total. The Kier molecular flexibility index (Phi) is 4.62. The SMILES string of the molecule is O=C(Cl)C(F)(F)F.[Cu]. The van der Waals surface area contributed by atoms with Gasteiger partial charge in [0.2, 0.25) is 0 Å². The van der Waals surface area contributed by atoms with Gasteiger partial charge in [0.1, 0.15) is 0 Å². The molecule has 0 aliphatic carbocycles. The van der Waals surface area contributed by atoms with Gasteiger partial charge >= 0.3 is 11.4 Å². The zero-order valence-corrected chi connectivity index (χ0v) is 4.92. The molecule has 6 heteroatoms. The van der Waals surface area contributed by atoms with Gasteiger partial charge in [-0.2, -0.15) is 13.2 Å². The fourth-order valence-electron chi connectivity index (χ4n) is 0.